The monoisotopic (exact) mass is 297 g/mol. The second kappa shape index (κ2) is 6.62. The quantitative estimate of drug-likeness (QED) is 0.890. The molecule has 0 spiro atoms. The highest BCUT2D eigenvalue weighted by molar-refractivity contribution is 5.83. The molecule has 0 fully saturated rings. The molecule has 2 N–H and O–H groups in total. The number of hydrogen-bond acceptors (Lipinski definition) is 3. The summed E-state index contributed by atoms with van der Waals surface area (Å²) in [5.41, 5.74) is 2.04. The lowest BCUT2D eigenvalue weighted by molar-refractivity contribution is -0.128. The fourth-order valence-corrected chi connectivity index (χ4v) is 2.73. The third kappa shape index (κ3) is 3.12. The molecular formula is C18H19NO3. The Labute approximate surface area is 129 Å². The smallest absolute Gasteiger partial charge is 0.261 e. The number of ether oxygens (including phenoxy) is 1. The number of carbonyl (C=O) groups is 1. The first-order valence-corrected chi connectivity index (χ1v) is 7.48. The molecule has 2 aromatic rings. The summed E-state index contributed by atoms with van der Waals surface area (Å²) in [7, 11) is 0. The summed E-state index contributed by atoms with van der Waals surface area (Å²) in [6.07, 6.45) is 0.570. The molecule has 2 unspecified atom stereocenters. The minimum atomic E-state index is -0.498. The summed E-state index contributed by atoms with van der Waals surface area (Å²) in [6, 6.07) is 17.2. The number of amides is 1. The number of hydrogen-bond donors (Lipinski definition) is 2. The molecule has 0 saturated heterocycles. The number of fused-ring (bicyclic) bond motifs is 1. The Morgan fingerprint density at radius 1 is 1.18 bits per heavy atom. The Morgan fingerprint density at radius 2 is 1.91 bits per heavy atom. The van der Waals surface area contributed by atoms with Crippen molar-refractivity contribution in [2.75, 3.05) is 6.61 Å². The molecule has 1 aliphatic rings. The predicted octanol–water partition coefficient (Wildman–Crippen LogP) is 2.23. The number of aliphatic hydroxyl groups is 1. The van der Waals surface area contributed by atoms with Crippen molar-refractivity contribution in [2.45, 2.75) is 25.0 Å². The molecule has 1 heterocycles. The van der Waals surface area contributed by atoms with Crippen molar-refractivity contribution in [2.24, 2.45) is 0 Å². The van der Waals surface area contributed by atoms with Crippen LogP contribution in [0.2, 0.25) is 0 Å². The molecule has 22 heavy (non-hydrogen) atoms. The van der Waals surface area contributed by atoms with E-state index in [4.69, 9.17) is 4.74 Å². The largest absolute Gasteiger partial charge is 0.480 e. The molecule has 2 atom stereocenters. The Balaban J connectivity index is 1.68. The van der Waals surface area contributed by atoms with Gasteiger partial charge >= 0.3 is 0 Å². The zero-order valence-corrected chi connectivity index (χ0v) is 12.2. The van der Waals surface area contributed by atoms with E-state index in [0.29, 0.717) is 12.8 Å². The number of rotatable bonds is 5. The van der Waals surface area contributed by atoms with Crippen LogP contribution in [0, 0.1) is 0 Å². The highest BCUT2D eigenvalue weighted by Crippen LogP contribution is 2.28. The van der Waals surface area contributed by atoms with Crippen LogP contribution < -0.4 is 10.1 Å². The maximum absolute atomic E-state index is 12.5. The van der Waals surface area contributed by atoms with E-state index in [1.54, 1.807) is 0 Å². The highest BCUT2D eigenvalue weighted by Gasteiger charge is 2.30. The average Bonchev–Trinajstić information content (AvgIpc) is 2.99. The van der Waals surface area contributed by atoms with Gasteiger partial charge in [0.1, 0.15) is 5.75 Å². The summed E-state index contributed by atoms with van der Waals surface area (Å²) in [5, 5.41) is 12.2. The lowest BCUT2D eigenvalue weighted by atomic mass is 10.0. The van der Waals surface area contributed by atoms with Crippen molar-refractivity contribution >= 4 is 5.91 Å². The molecule has 0 aromatic heterocycles. The number of carbonyl (C=O) groups excluding carboxylic acids is 1. The molecule has 4 nitrogen and oxygen atoms in total. The van der Waals surface area contributed by atoms with Gasteiger partial charge in [0.25, 0.3) is 5.91 Å². The second-order valence-corrected chi connectivity index (χ2v) is 5.40. The summed E-state index contributed by atoms with van der Waals surface area (Å²) >= 11 is 0. The van der Waals surface area contributed by atoms with Gasteiger partial charge in [-0.05, 0) is 23.6 Å². The normalized spacial score (nSPS) is 17.4. The van der Waals surface area contributed by atoms with Crippen molar-refractivity contribution in [1.82, 2.24) is 5.32 Å². The van der Waals surface area contributed by atoms with Gasteiger partial charge in [0, 0.05) is 13.0 Å². The minimum absolute atomic E-state index is 0.0194. The van der Waals surface area contributed by atoms with Crippen molar-refractivity contribution in [3.63, 3.8) is 0 Å². The van der Waals surface area contributed by atoms with E-state index in [-0.39, 0.29) is 18.6 Å². The molecular weight excluding hydrogens is 278 g/mol. The maximum Gasteiger partial charge on any atom is 0.261 e. The van der Waals surface area contributed by atoms with Crippen molar-refractivity contribution < 1.29 is 14.6 Å². The Hall–Kier alpha value is -2.33. The van der Waals surface area contributed by atoms with Crippen molar-refractivity contribution in [3.8, 4) is 5.75 Å². The predicted molar refractivity (Wildman–Crippen MR) is 83.6 cm³/mol. The van der Waals surface area contributed by atoms with Gasteiger partial charge in [-0.2, -0.15) is 0 Å². The molecule has 0 aliphatic carbocycles. The van der Waals surface area contributed by atoms with E-state index in [1.165, 1.54) is 0 Å². The van der Waals surface area contributed by atoms with Crippen LogP contribution in [0.3, 0.4) is 0 Å². The first kappa shape index (κ1) is 14.6. The Kier molecular flexibility index (Phi) is 4.39. The van der Waals surface area contributed by atoms with E-state index < -0.39 is 6.10 Å². The van der Waals surface area contributed by atoms with E-state index in [0.717, 1.165) is 16.9 Å². The molecule has 2 aromatic carbocycles. The first-order valence-electron chi connectivity index (χ1n) is 7.48. The third-order valence-corrected chi connectivity index (χ3v) is 3.88. The summed E-state index contributed by atoms with van der Waals surface area (Å²) in [4.78, 5) is 12.5. The van der Waals surface area contributed by atoms with Crippen LogP contribution in [0.15, 0.2) is 54.6 Å². The van der Waals surface area contributed by atoms with Gasteiger partial charge in [-0.3, -0.25) is 4.79 Å². The van der Waals surface area contributed by atoms with Gasteiger partial charge in [0.05, 0.1) is 6.04 Å². The minimum Gasteiger partial charge on any atom is -0.480 e. The van der Waals surface area contributed by atoms with Crippen molar-refractivity contribution in [3.05, 3.63) is 65.7 Å². The molecule has 1 aliphatic heterocycles. The molecule has 3 rings (SSSR count). The molecule has 0 bridgehead atoms. The van der Waals surface area contributed by atoms with Crippen molar-refractivity contribution in [1.29, 1.82) is 0 Å². The molecule has 1 amide bonds. The maximum atomic E-state index is 12.5. The van der Waals surface area contributed by atoms with Gasteiger partial charge in [-0.1, -0.05) is 48.5 Å². The van der Waals surface area contributed by atoms with Crippen LogP contribution in [-0.4, -0.2) is 23.7 Å². The SMILES string of the molecule is O=C(NC(CCO)c1ccccc1)C1Cc2ccccc2O1. The van der Waals surface area contributed by atoms with Gasteiger partial charge in [-0.15, -0.1) is 0 Å². The molecule has 4 heteroatoms. The van der Waals surface area contributed by atoms with E-state index >= 15 is 0 Å². The number of aliphatic hydroxyl groups excluding tert-OH is 1. The van der Waals surface area contributed by atoms with Gasteiger partial charge in [0.15, 0.2) is 6.10 Å². The molecule has 0 radical (unpaired) electrons. The average molecular weight is 297 g/mol. The number of nitrogens with one attached hydrogen (secondary N) is 1. The highest BCUT2D eigenvalue weighted by atomic mass is 16.5. The third-order valence-electron chi connectivity index (χ3n) is 3.88. The topological polar surface area (TPSA) is 58.6 Å². The van der Waals surface area contributed by atoms with Crippen LogP contribution in [0.1, 0.15) is 23.6 Å². The fraction of sp³-hybridized carbons (Fsp3) is 0.278. The lowest BCUT2D eigenvalue weighted by Crippen LogP contribution is -2.39. The summed E-state index contributed by atoms with van der Waals surface area (Å²) < 4.78 is 5.71. The number of para-hydroxylation sites is 1. The van der Waals surface area contributed by atoms with E-state index in [9.17, 15) is 9.90 Å². The summed E-state index contributed by atoms with van der Waals surface area (Å²) in [6.45, 7) is 0.0194. The second-order valence-electron chi connectivity index (χ2n) is 5.40. The van der Waals surface area contributed by atoms with Crippen LogP contribution in [0.4, 0.5) is 0 Å². The Morgan fingerprint density at radius 3 is 2.64 bits per heavy atom. The molecule has 0 saturated carbocycles. The van der Waals surface area contributed by atoms with Gasteiger partial charge in [-0.25, -0.2) is 0 Å². The van der Waals surface area contributed by atoms with Crippen LogP contribution in [-0.2, 0) is 11.2 Å². The van der Waals surface area contributed by atoms with Crippen LogP contribution in [0.25, 0.3) is 0 Å². The van der Waals surface area contributed by atoms with E-state index in [1.807, 2.05) is 54.6 Å². The van der Waals surface area contributed by atoms with Crippen LogP contribution >= 0.6 is 0 Å². The van der Waals surface area contributed by atoms with Gasteiger partial charge in [0.2, 0.25) is 0 Å². The fourth-order valence-electron chi connectivity index (χ4n) is 2.73. The van der Waals surface area contributed by atoms with Crippen LogP contribution in [0.5, 0.6) is 5.75 Å². The number of benzene rings is 2. The zero-order chi connectivity index (χ0) is 15.4. The zero-order valence-electron chi connectivity index (χ0n) is 12.2. The standard InChI is InChI=1S/C18H19NO3/c20-11-10-15(13-6-2-1-3-7-13)19-18(21)17-12-14-8-4-5-9-16(14)22-17/h1-9,15,17,20H,10-12H2,(H,19,21). The lowest BCUT2D eigenvalue weighted by Gasteiger charge is -2.20. The first-order chi connectivity index (χ1) is 10.8. The molecule has 114 valence electrons. The van der Waals surface area contributed by atoms with Gasteiger partial charge < -0.3 is 15.2 Å². The Bertz CT molecular complexity index is 617. The summed E-state index contributed by atoms with van der Waals surface area (Å²) in [5.74, 6) is 0.638. The van der Waals surface area contributed by atoms with E-state index in [2.05, 4.69) is 5.32 Å².